The second-order valence-corrected chi connectivity index (χ2v) is 9.84. The second kappa shape index (κ2) is 6.55. The van der Waals surface area contributed by atoms with Crippen LogP contribution in [0.3, 0.4) is 0 Å². The smallest absolute Gasteiger partial charge is 0.268 e. The number of hydrogen-bond donors (Lipinski definition) is 0. The van der Waals surface area contributed by atoms with Gasteiger partial charge in [0.05, 0.1) is 15.9 Å². The predicted molar refractivity (Wildman–Crippen MR) is 114 cm³/mol. The summed E-state index contributed by atoms with van der Waals surface area (Å²) in [6, 6.07) is 10.9. The number of nitrogens with zero attached hydrogens (tertiary/aromatic N) is 3. The lowest BCUT2D eigenvalue weighted by Crippen LogP contribution is -2.23. The Morgan fingerprint density at radius 1 is 1.18 bits per heavy atom. The summed E-state index contributed by atoms with van der Waals surface area (Å²) in [4.78, 5) is 7.04. The molecular formula is C21H19N3O2S2. The van der Waals surface area contributed by atoms with Crippen molar-refractivity contribution >= 4 is 48.1 Å². The van der Waals surface area contributed by atoms with E-state index < -0.39 is 10.0 Å². The standard InChI is InChI=1S/C21H19N3O2S2/c1-23-10-6-15(7-11-23)18-14-24(19-3-2-9-22-21(18)19)28(25,26)17-4-5-20-16(13-17)8-12-27-20/h2-6,8-9,12-14H,7,10-11H2,1H3. The van der Waals surface area contributed by atoms with Gasteiger partial charge >= 0.3 is 0 Å². The van der Waals surface area contributed by atoms with Crippen LogP contribution in [0, 0.1) is 0 Å². The fourth-order valence-corrected chi connectivity index (χ4v) is 5.86. The highest BCUT2D eigenvalue weighted by atomic mass is 32.2. The van der Waals surface area contributed by atoms with Crippen molar-refractivity contribution in [1.82, 2.24) is 13.9 Å². The van der Waals surface area contributed by atoms with E-state index in [1.807, 2.05) is 23.6 Å². The number of fused-ring (bicyclic) bond motifs is 2. The molecule has 0 N–H and O–H groups in total. The Balaban J connectivity index is 1.70. The molecule has 28 heavy (non-hydrogen) atoms. The highest BCUT2D eigenvalue weighted by Gasteiger charge is 2.24. The highest BCUT2D eigenvalue weighted by Crippen LogP contribution is 2.32. The van der Waals surface area contributed by atoms with E-state index >= 15 is 0 Å². The molecule has 0 spiro atoms. The molecule has 7 heteroatoms. The molecule has 0 bridgehead atoms. The maximum absolute atomic E-state index is 13.5. The minimum Gasteiger partial charge on any atom is -0.302 e. The van der Waals surface area contributed by atoms with Crippen molar-refractivity contribution in [1.29, 1.82) is 0 Å². The van der Waals surface area contributed by atoms with Gasteiger partial charge in [0.2, 0.25) is 0 Å². The van der Waals surface area contributed by atoms with Gasteiger partial charge in [-0.25, -0.2) is 12.4 Å². The zero-order chi connectivity index (χ0) is 19.3. The number of aromatic nitrogens is 2. The first-order valence-corrected chi connectivity index (χ1v) is 11.4. The normalized spacial score (nSPS) is 16.0. The third-order valence-corrected chi connectivity index (χ3v) is 7.83. The fourth-order valence-electron chi connectivity index (χ4n) is 3.70. The summed E-state index contributed by atoms with van der Waals surface area (Å²) in [5, 5.41) is 2.92. The quantitative estimate of drug-likeness (QED) is 0.509. The van der Waals surface area contributed by atoms with E-state index in [1.54, 1.807) is 41.9 Å². The largest absolute Gasteiger partial charge is 0.302 e. The Morgan fingerprint density at radius 3 is 2.89 bits per heavy atom. The first-order chi connectivity index (χ1) is 13.5. The number of hydrogen-bond acceptors (Lipinski definition) is 5. The van der Waals surface area contributed by atoms with E-state index in [4.69, 9.17) is 0 Å². The molecule has 5 rings (SSSR count). The van der Waals surface area contributed by atoms with E-state index in [1.165, 1.54) is 3.97 Å². The summed E-state index contributed by atoms with van der Waals surface area (Å²) in [6.07, 6.45) is 6.51. The topological polar surface area (TPSA) is 55.2 Å². The number of rotatable bonds is 3. The lowest BCUT2D eigenvalue weighted by atomic mass is 10.0. The molecule has 1 aromatic carbocycles. The molecule has 0 radical (unpaired) electrons. The number of thiophene rings is 1. The van der Waals surface area contributed by atoms with Crippen molar-refractivity contribution < 1.29 is 8.42 Å². The molecule has 4 aromatic rings. The summed E-state index contributed by atoms with van der Waals surface area (Å²) >= 11 is 1.61. The molecule has 142 valence electrons. The zero-order valence-electron chi connectivity index (χ0n) is 15.4. The average Bonchev–Trinajstić information content (AvgIpc) is 3.33. The van der Waals surface area contributed by atoms with Crippen LogP contribution in [0.25, 0.3) is 26.7 Å². The third kappa shape index (κ3) is 2.78. The molecule has 1 aliphatic heterocycles. The molecule has 0 saturated heterocycles. The van der Waals surface area contributed by atoms with Gasteiger partial charge in [-0.15, -0.1) is 11.3 Å². The predicted octanol–water partition coefficient (Wildman–Crippen LogP) is 4.21. The first kappa shape index (κ1) is 17.6. The highest BCUT2D eigenvalue weighted by molar-refractivity contribution is 7.90. The molecular weight excluding hydrogens is 390 g/mol. The van der Waals surface area contributed by atoms with Crippen LogP contribution in [0.15, 0.2) is 65.1 Å². The molecule has 5 nitrogen and oxygen atoms in total. The summed E-state index contributed by atoms with van der Waals surface area (Å²) in [5.41, 5.74) is 3.41. The Kier molecular flexibility index (Phi) is 4.12. The van der Waals surface area contributed by atoms with Gasteiger partial charge < -0.3 is 4.90 Å². The SMILES string of the molecule is CN1CC=C(c2cn(S(=O)(=O)c3ccc4sccc4c3)c3cccnc23)CC1. The van der Waals surface area contributed by atoms with Crippen molar-refractivity contribution in [2.24, 2.45) is 0 Å². The van der Waals surface area contributed by atoms with E-state index in [2.05, 4.69) is 23.0 Å². The summed E-state index contributed by atoms with van der Waals surface area (Å²) in [5.74, 6) is 0. The van der Waals surface area contributed by atoms with Crippen LogP contribution in [0.2, 0.25) is 0 Å². The Hall–Kier alpha value is -2.48. The summed E-state index contributed by atoms with van der Waals surface area (Å²) in [7, 11) is -1.64. The average molecular weight is 410 g/mol. The first-order valence-electron chi connectivity index (χ1n) is 9.11. The lowest BCUT2D eigenvalue weighted by Gasteiger charge is -2.21. The second-order valence-electron chi connectivity index (χ2n) is 7.08. The molecule has 0 aliphatic carbocycles. The molecule has 0 atom stereocenters. The van der Waals surface area contributed by atoms with Gasteiger partial charge in [0.1, 0.15) is 0 Å². The van der Waals surface area contributed by atoms with Crippen molar-refractivity contribution in [2.75, 3.05) is 20.1 Å². The Bertz CT molecular complexity index is 1330. The molecule has 4 heterocycles. The van der Waals surface area contributed by atoms with Gasteiger partial charge in [-0.05, 0) is 66.2 Å². The van der Waals surface area contributed by atoms with Gasteiger partial charge in [-0.1, -0.05) is 6.08 Å². The number of pyridine rings is 1. The van der Waals surface area contributed by atoms with E-state index in [9.17, 15) is 8.42 Å². The van der Waals surface area contributed by atoms with E-state index in [-0.39, 0.29) is 0 Å². The number of benzene rings is 1. The van der Waals surface area contributed by atoms with Crippen LogP contribution >= 0.6 is 11.3 Å². The van der Waals surface area contributed by atoms with E-state index in [0.717, 1.165) is 46.2 Å². The van der Waals surface area contributed by atoms with Crippen LogP contribution < -0.4 is 0 Å². The summed E-state index contributed by atoms with van der Waals surface area (Å²) < 4.78 is 29.4. The van der Waals surface area contributed by atoms with Gasteiger partial charge in [0.25, 0.3) is 10.0 Å². The molecule has 0 unspecified atom stereocenters. The van der Waals surface area contributed by atoms with Crippen molar-refractivity contribution in [3.05, 3.63) is 65.8 Å². The van der Waals surface area contributed by atoms with Crippen molar-refractivity contribution in [3.63, 3.8) is 0 Å². The molecule has 0 fully saturated rings. The van der Waals surface area contributed by atoms with Gasteiger partial charge in [-0.3, -0.25) is 4.98 Å². The maximum Gasteiger partial charge on any atom is 0.268 e. The zero-order valence-corrected chi connectivity index (χ0v) is 17.0. The lowest BCUT2D eigenvalue weighted by molar-refractivity contribution is 0.370. The molecule has 3 aromatic heterocycles. The van der Waals surface area contributed by atoms with Gasteiger partial charge in [0.15, 0.2) is 0 Å². The minimum absolute atomic E-state index is 0.295. The number of likely N-dealkylation sites (N-methyl/N-ethyl adjacent to an activating group) is 1. The summed E-state index contributed by atoms with van der Waals surface area (Å²) in [6.45, 7) is 1.81. The Morgan fingerprint density at radius 2 is 2.07 bits per heavy atom. The molecule has 1 aliphatic rings. The maximum atomic E-state index is 13.5. The van der Waals surface area contributed by atoms with Gasteiger partial charge in [-0.2, -0.15) is 0 Å². The van der Waals surface area contributed by atoms with Crippen LogP contribution in [-0.4, -0.2) is 42.4 Å². The monoisotopic (exact) mass is 409 g/mol. The molecule has 0 saturated carbocycles. The van der Waals surface area contributed by atoms with Crippen LogP contribution in [-0.2, 0) is 10.0 Å². The minimum atomic E-state index is -3.72. The van der Waals surface area contributed by atoms with Crippen LogP contribution in [0.5, 0.6) is 0 Å². The van der Waals surface area contributed by atoms with Crippen molar-refractivity contribution in [3.8, 4) is 0 Å². The van der Waals surface area contributed by atoms with Crippen LogP contribution in [0.4, 0.5) is 0 Å². The molecule has 0 amide bonds. The van der Waals surface area contributed by atoms with Crippen molar-refractivity contribution in [2.45, 2.75) is 11.3 Å². The van der Waals surface area contributed by atoms with Gasteiger partial charge in [0, 0.05) is 35.7 Å². The third-order valence-electron chi connectivity index (χ3n) is 5.26. The fraction of sp³-hybridized carbons (Fsp3) is 0.190. The van der Waals surface area contributed by atoms with Crippen LogP contribution in [0.1, 0.15) is 12.0 Å². The Labute approximate surface area is 167 Å². The van der Waals surface area contributed by atoms with E-state index in [0.29, 0.717) is 10.4 Å².